The molecule has 7 nitrogen and oxygen atoms in total. The van der Waals surface area contributed by atoms with Gasteiger partial charge in [0.05, 0.1) is 25.0 Å². The number of rotatable bonds is 6. The zero-order chi connectivity index (χ0) is 20.8. The second kappa shape index (κ2) is 9.87. The lowest BCUT2D eigenvalue weighted by atomic mass is 10.1. The summed E-state index contributed by atoms with van der Waals surface area (Å²) < 4.78 is 4.98. The molecular weight excluding hydrogens is 370 g/mol. The maximum atomic E-state index is 13.1. The van der Waals surface area contributed by atoms with Gasteiger partial charge < -0.3 is 19.4 Å². The minimum atomic E-state index is -0.301. The van der Waals surface area contributed by atoms with Gasteiger partial charge >= 0.3 is 0 Å². The molecule has 29 heavy (non-hydrogen) atoms. The summed E-state index contributed by atoms with van der Waals surface area (Å²) in [6.07, 6.45) is 1.39. The Kier molecular flexibility index (Phi) is 7.25. The first-order valence-corrected chi connectivity index (χ1v) is 10.4. The molecule has 158 valence electrons. The van der Waals surface area contributed by atoms with Crippen molar-refractivity contribution in [3.63, 3.8) is 0 Å². The van der Waals surface area contributed by atoms with Gasteiger partial charge in [0.15, 0.2) is 0 Å². The number of hydrogen-bond donors (Lipinski definition) is 0. The van der Waals surface area contributed by atoms with Crippen molar-refractivity contribution in [1.82, 2.24) is 14.7 Å². The number of nitrogens with zero attached hydrogens (tertiary/aromatic N) is 3. The third kappa shape index (κ3) is 5.15. The molecule has 1 aromatic rings. The second-order valence-electron chi connectivity index (χ2n) is 7.84. The van der Waals surface area contributed by atoms with E-state index in [2.05, 4.69) is 0 Å². The topological polar surface area (TPSA) is 70.2 Å². The van der Waals surface area contributed by atoms with E-state index in [9.17, 15) is 14.4 Å². The van der Waals surface area contributed by atoms with Gasteiger partial charge in [0.1, 0.15) is 0 Å². The highest BCUT2D eigenvalue weighted by Gasteiger charge is 2.39. The number of hydrogen-bond acceptors (Lipinski definition) is 4. The predicted molar refractivity (Wildman–Crippen MR) is 109 cm³/mol. The predicted octanol–water partition coefficient (Wildman–Crippen LogP) is 1.69. The highest BCUT2D eigenvalue weighted by Crippen LogP contribution is 2.29. The van der Waals surface area contributed by atoms with Crippen LogP contribution in [0.5, 0.6) is 0 Å². The number of carbonyl (C=O) groups is 3. The molecule has 2 saturated heterocycles. The van der Waals surface area contributed by atoms with Crippen molar-refractivity contribution < 1.29 is 19.1 Å². The number of amides is 3. The van der Waals surface area contributed by atoms with Crippen LogP contribution in [0, 0.1) is 5.92 Å². The number of methoxy groups -OCH3 is 1. The van der Waals surface area contributed by atoms with Gasteiger partial charge in [0.2, 0.25) is 17.7 Å². The van der Waals surface area contributed by atoms with Crippen molar-refractivity contribution >= 4 is 17.7 Å². The van der Waals surface area contributed by atoms with Gasteiger partial charge in [0.25, 0.3) is 0 Å². The van der Waals surface area contributed by atoms with Crippen LogP contribution in [0.4, 0.5) is 0 Å². The van der Waals surface area contributed by atoms with Crippen molar-refractivity contribution in [3.8, 4) is 0 Å². The fourth-order valence-electron chi connectivity index (χ4n) is 4.18. The molecule has 0 aromatic heterocycles. The van der Waals surface area contributed by atoms with Crippen LogP contribution in [0.2, 0.25) is 0 Å². The van der Waals surface area contributed by atoms with E-state index < -0.39 is 0 Å². The number of ether oxygens (including phenoxy) is 1. The minimum Gasteiger partial charge on any atom is -0.384 e. The maximum absolute atomic E-state index is 13.1. The van der Waals surface area contributed by atoms with Gasteiger partial charge in [-0.05, 0) is 18.9 Å². The molecule has 0 radical (unpaired) electrons. The van der Waals surface area contributed by atoms with Crippen LogP contribution in [-0.4, -0.2) is 78.9 Å². The summed E-state index contributed by atoms with van der Waals surface area (Å²) in [6.45, 7) is 5.24. The Morgan fingerprint density at radius 3 is 2.52 bits per heavy atom. The molecule has 0 spiro atoms. The first-order chi connectivity index (χ1) is 14.0. The van der Waals surface area contributed by atoms with Gasteiger partial charge in [-0.1, -0.05) is 30.3 Å². The molecule has 2 atom stereocenters. The Morgan fingerprint density at radius 1 is 1.10 bits per heavy atom. The third-order valence-corrected chi connectivity index (χ3v) is 5.94. The van der Waals surface area contributed by atoms with Crippen molar-refractivity contribution in [2.45, 2.75) is 32.2 Å². The third-order valence-electron chi connectivity index (χ3n) is 5.94. The van der Waals surface area contributed by atoms with E-state index in [1.807, 2.05) is 52.0 Å². The summed E-state index contributed by atoms with van der Waals surface area (Å²) >= 11 is 0. The zero-order valence-corrected chi connectivity index (χ0v) is 17.4. The quantitative estimate of drug-likeness (QED) is 0.727. The molecule has 2 aliphatic rings. The molecule has 0 bridgehead atoms. The van der Waals surface area contributed by atoms with Gasteiger partial charge in [-0.15, -0.1) is 0 Å². The molecule has 2 heterocycles. The van der Waals surface area contributed by atoms with Crippen LogP contribution >= 0.6 is 0 Å². The van der Waals surface area contributed by atoms with Crippen molar-refractivity contribution in [2.75, 3.05) is 46.4 Å². The fraction of sp³-hybridized carbons (Fsp3) is 0.591. The molecule has 1 aromatic carbocycles. The number of likely N-dealkylation sites (tertiary alicyclic amines) is 1. The van der Waals surface area contributed by atoms with E-state index in [0.29, 0.717) is 45.8 Å². The molecule has 3 amide bonds. The van der Waals surface area contributed by atoms with Crippen LogP contribution in [0.3, 0.4) is 0 Å². The normalized spacial score (nSPS) is 21.2. The summed E-state index contributed by atoms with van der Waals surface area (Å²) in [5, 5.41) is 0. The van der Waals surface area contributed by atoms with Gasteiger partial charge in [-0.2, -0.15) is 0 Å². The molecule has 0 saturated carbocycles. The molecule has 7 heteroatoms. The Bertz CT molecular complexity index is 724. The van der Waals surface area contributed by atoms with E-state index in [0.717, 1.165) is 12.0 Å². The van der Waals surface area contributed by atoms with Gasteiger partial charge in [0, 0.05) is 46.3 Å². The summed E-state index contributed by atoms with van der Waals surface area (Å²) in [7, 11) is 1.58. The Labute approximate surface area is 172 Å². The van der Waals surface area contributed by atoms with Crippen molar-refractivity contribution in [3.05, 3.63) is 35.9 Å². The first kappa shape index (κ1) is 21.3. The van der Waals surface area contributed by atoms with Gasteiger partial charge in [-0.3, -0.25) is 14.4 Å². The van der Waals surface area contributed by atoms with Crippen LogP contribution < -0.4 is 0 Å². The lowest BCUT2D eigenvalue weighted by molar-refractivity contribution is -0.136. The average Bonchev–Trinajstić information content (AvgIpc) is 2.97. The molecule has 3 rings (SSSR count). The number of benzene rings is 1. The van der Waals surface area contributed by atoms with Crippen LogP contribution in [0.15, 0.2) is 30.3 Å². The fourth-order valence-corrected chi connectivity index (χ4v) is 4.18. The maximum Gasteiger partial charge on any atom is 0.228 e. The minimum absolute atomic E-state index is 0.0332. The highest BCUT2D eigenvalue weighted by atomic mass is 16.5. The molecule has 0 N–H and O–H groups in total. The van der Waals surface area contributed by atoms with E-state index in [1.54, 1.807) is 7.11 Å². The Balaban J connectivity index is 1.57. The smallest absolute Gasteiger partial charge is 0.228 e. The van der Waals surface area contributed by atoms with E-state index in [4.69, 9.17) is 4.74 Å². The van der Waals surface area contributed by atoms with Gasteiger partial charge in [-0.25, -0.2) is 0 Å². The monoisotopic (exact) mass is 401 g/mol. The average molecular weight is 402 g/mol. The van der Waals surface area contributed by atoms with Crippen LogP contribution in [-0.2, 0) is 19.1 Å². The van der Waals surface area contributed by atoms with E-state index >= 15 is 0 Å². The molecule has 2 unspecified atom stereocenters. The van der Waals surface area contributed by atoms with E-state index in [1.165, 1.54) is 0 Å². The lowest BCUT2D eigenvalue weighted by Gasteiger charge is -2.27. The molecule has 0 aliphatic carbocycles. The molecular formula is C22H31N3O4. The summed E-state index contributed by atoms with van der Waals surface area (Å²) in [5.74, 6) is -0.164. The Morgan fingerprint density at radius 2 is 1.79 bits per heavy atom. The number of carbonyl (C=O) groups excluding carboxylic acids is 3. The van der Waals surface area contributed by atoms with Crippen LogP contribution in [0.25, 0.3) is 0 Å². The van der Waals surface area contributed by atoms with E-state index in [-0.39, 0.29) is 36.1 Å². The largest absolute Gasteiger partial charge is 0.384 e. The van der Waals surface area contributed by atoms with Crippen molar-refractivity contribution in [1.29, 1.82) is 0 Å². The zero-order valence-electron chi connectivity index (χ0n) is 17.4. The summed E-state index contributed by atoms with van der Waals surface area (Å²) in [4.78, 5) is 43.4. The standard InChI is InChI=1S/C22H31N3O4/c1-17(18-7-4-3-5-8-18)25-16-19(15-21(25)27)22(28)24-11-6-10-23(12-13-24)20(26)9-14-29-2/h3-5,7-8,17,19H,6,9-16H2,1-2H3. The summed E-state index contributed by atoms with van der Waals surface area (Å²) in [5.41, 5.74) is 1.08. The summed E-state index contributed by atoms with van der Waals surface area (Å²) in [6, 6.07) is 9.86. The molecule has 2 fully saturated rings. The first-order valence-electron chi connectivity index (χ1n) is 10.4. The molecule has 2 aliphatic heterocycles. The SMILES string of the molecule is COCCC(=O)N1CCCN(C(=O)C2CC(=O)N(C(C)c3ccccc3)C2)CC1. The lowest BCUT2D eigenvalue weighted by Crippen LogP contribution is -2.41. The van der Waals surface area contributed by atoms with Crippen molar-refractivity contribution in [2.24, 2.45) is 5.92 Å². The van der Waals surface area contributed by atoms with Crippen LogP contribution in [0.1, 0.15) is 37.8 Å². The highest BCUT2D eigenvalue weighted by molar-refractivity contribution is 5.89. The Hall–Kier alpha value is -2.41. The second-order valence-corrected chi connectivity index (χ2v) is 7.84.